The highest BCUT2D eigenvalue weighted by Crippen LogP contribution is 2.23. The van der Waals surface area contributed by atoms with Gasteiger partial charge in [-0.1, -0.05) is 6.92 Å². The summed E-state index contributed by atoms with van der Waals surface area (Å²) < 4.78 is 0. The van der Waals surface area contributed by atoms with Crippen LogP contribution in [0.3, 0.4) is 0 Å². The number of benzene rings is 1. The molecule has 0 radical (unpaired) electrons. The summed E-state index contributed by atoms with van der Waals surface area (Å²) in [7, 11) is 0. The lowest BCUT2D eigenvalue weighted by Gasteiger charge is -2.29. The molecule has 3 rings (SSSR count). The topological polar surface area (TPSA) is 52.7 Å². The molecular weight excluding hydrogens is 302 g/mol. The van der Waals surface area contributed by atoms with Gasteiger partial charge in [0.1, 0.15) is 0 Å². The molecule has 24 heavy (non-hydrogen) atoms. The summed E-state index contributed by atoms with van der Waals surface area (Å²) in [5.41, 5.74) is 1.71. The van der Waals surface area contributed by atoms with E-state index in [1.165, 1.54) is 12.8 Å². The fourth-order valence-corrected chi connectivity index (χ4v) is 3.41. The van der Waals surface area contributed by atoms with Crippen LogP contribution < -0.4 is 10.2 Å². The Labute approximate surface area is 144 Å². The molecule has 2 aliphatic heterocycles. The minimum atomic E-state index is 0.0543. The number of rotatable bonds is 5. The Morgan fingerprint density at radius 2 is 1.88 bits per heavy atom. The predicted octanol–water partition coefficient (Wildman–Crippen LogP) is 2.87. The fourth-order valence-electron chi connectivity index (χ4n) is 3.41. The van der Waals surface area contributed by atoms with Crippen LogP contribution in [0, 0.1) is 5.92 Å². The van der Waals surface area contributed by atoms with Crippen molar-refractivity contribution in [3.05, 3.63) is 24.3 Å². The van der Waals surface area contributed by atoms with E-state index in [9.17, 15) is 9.59 Å². The summed E-state index contributed by atoms with van der Waals surface area (Å²) >= 11 is 0. The first-order valence-corrected chi connectivity index (χ1v) is 9.04. The van der Waals surface area contributed by atoms with Crippen LogP contribution >= 0.6 is 0 Å². The zero-order valence-corrected chi connectivity index (χ0v) is 14.5. The van der Waals surface area contributed by atoms with Gasteiger partial charge in [0.15, 0.2) is 0 Å². The molecule has 5 heteroatoms. The number of hydrogen-bond acceptors (Lipinski definition) is 3. The van der Waals surface area contributed by atoms with Crippen molar-refractivity contribution in [3.63, 3.8) is 0 Å². The largest absolute Gasteiger partial charge is 0.326 e. The Balaban J connectivity index is 1.45. The van der Waals surface area contributed by atoms with E-state index in [-0.39, 0.29) is 11.8 Å². The molecule has 0 aromatic heterocycles. The van der Waals surface area contributed by atoms with E-state index in [0.717, 1.165) is 49.9 Å². The monoisotopic (exact) mass is 329 g/mol. The lowest BCUT2D eigenvalue weighted by Crippen LogP contribution is -2.35. The Hall–Kier alpha value is -1.88. The molecule has 1 aromatic rings. The average molecular weight is 329 g/mol. The van der Waals surface area contributed by atoms with Gasteiger partial charge in [0, 0.05) is 37.3 Å². The molecule has 2 heterocycles. The number of nitrogens with one attached hydrogen (secondary N) is 1. The summed E-state index contributed by atoms with van der Waals surface area (Å²) in [5, 5.41) is 2.95. The molecular formula is C19H27N3O2. The smallest absolute Gasteiger partial charge is 0.227 e. The molecule has 0 aliphatic carbocycles. The van der Waals surface area contributed by atoms with Gasteiger partial charge >= 0.3 is 0 Å². The van der Waals surface area contributed by atoms with Crippen molar-refractivity contribution >= 4 is 23.2 Å². The Kier molecular flexibility index (Phi) is 5.51. The van der Waals surface area contributed by atoms with Crippen LogP contribution in [0.2, 0.25) is 0 Å². The highest BCUT2D eigenvalue weighted by Gasteiger charge is 2.21. The molecule has 0 spiro atoms. The molecule has 130 valence electrons. The summed E-state index contributed by atoms with van der Waals surface area (Å²) in [6, 6.07) is 7.57. The molecule has 0 atom stereocenters. The molecule has 0 bridgehead atoms. The lowest BCUT2D eigenvalue weighted by atomic mass is 9.99. The number of nitrogens with zero attached hydrogens (tertiary/aromatic N) is 2. The Bertz CT molecular complexity index is 577. The van der Waals surface area contributed by atoms with Crippen molar-refractivity contribution in [3.8, 4) is 0 Å². The van der Waals surface area contributed by atoms with Gasteiger partial charge in [-0.05, 0) is 62.5 Å². The van der Waals surface area contributed by atoms with Crippen molar-refractivity contribution in [2.45, 2.75) is 39.0 Å². The van der Waals surface area contributed by atoms with Gasteiger partial charge in [0.2, 0.25) is 11.8 Å². The number of carbonyl (C=O) groups excluding carboxylic acids is 2. The van der Waals surface area contributed by atoms with E-state index in [4.69, 9.17) is 0 Å². The number of likely N-dealkylation sites (tertiary alicyclic amines) is 1. The third-order valence-electron chi connectivity index (χ3n) is 5.07. The quantitative estimate of drug-likeness (QED) is 0.904. The zero-order chi connectivity index (χ0) is 16.9. The molecule has 0 unspecified atom stereocenters. The number of amides is 2. The molecule has 5 nitrogen and oxygen atoms in total. The second-order valence-corrected chi connectivity index (χ2v) is 7.02. The standard InChI is InChI=1S/C19H27N3O2/c1-15-8-12-21(13-9-15)14-10-18(23)20-16-4-6-17(7-5-16)22-11-2-3-19(22)24/h4-7,15H,2-3,8-14H2,1H3,(H,20,23). The van der Waals surface area contributed by atoms with Gasteiger partial charge in [-0.2, -0.15) is 0 Å². The molecule has 1 aromatic carbocycles. The van der Waals surface area contributed by atoms with E-state index in [0.29, 0.717) is 12.8 Å². The number of piperidine rings is 1. The van der Waals surface area contributed by atoms with Crippen LogP contribution in [0.5, 0.6) is 0 Å². The third kappa shape index (κ3) is 4.35. The van der Waals surface area contributed by atoms with Crippen LogP contribution in [-0.4, -0.2) is 42.9 Å². The van der Waals surface area contributed by atoms with Crippen LogP contribution in [0.1, 0.15) is 39.0 Å². The van der Waals surface area contributed by atoms with Crippen LogP contribution in [0.15, 0.2) is 24.3 Å². The first-order chi connectivity index (χ1) is 11.6. The Morgan fingerprint density at radius 1 is 1.17 bits per heavy atom. The molecule has 1 N–H and O–H groups in total. The van der Waals surface area contributed by atoms with Gasteiger partial charge in [-0.15, -0.1) is 0 Å². The van der Waals surface area contributed by atoms with Crippen LogP contribution in [0.4, 0.5) is 11.4 Å². The van der Waals surface area contributed by atoms with Gasteiger partial charge in [-0.25, -0.2) is 0 Å². The molecule has 2 amide bonds. The molecule has 2 fully saturated rings. The first-order valence-electron chi connectivity index (χ1n) is 9.04. The van der Waals surface area contributed by atoms with Gasteiger partial charge in [0.25, 0.3) is 0 Å². The number of carbonyl (C=O) groups is 2. The summed E-state index contributed by atoms with van der Waals surface area (Å²) in [5.74, 6) is 1.05. The minimum Gasteiger partial charge on any atom is -0.326 e. The van der Waals surface area contributed by atoms with Crippen LogP contribution in [-0.2, 0) is 9.59 Å². The molecule has 2 aliphatic rings. The Morgan fingerprint density at radius 3 is 2.50 bits per heavy atom. The van der Waals surface area contributed by atoms with Crippen LogP contribution in [0.25, 0.3) is 0 Å². The van der Waals surface area contributed by atoms with E-state index in [2.05, 4.69) is 17.1 Å². The van der Waals surface area contributed by atoms with Crippen molar-refractivity contribution in [2.24, 2.45) is 5.92 Å². The predicted molar refractivity (Wildman–Crippen MR) is 96.1 cm³/mol. The van der Waals surface area contributed by atoms with Gasteiger partial charge in [0.05, 0.1) is 0 Å². The average Bonchev–Trinajstić information content (AvgIpc) is 3.01. The normalized spacial score (nSPS) is 19.7. The lowest BCUT2D eigenvalue weighted by molar-refractivity contribution is -0.117. The van der Waals surface area contributed by atoms with Crippen molar-refractivity contribution in [2.75, 3.05) is 36.4 Å². The van der Waals surface area contributed by atoms with Crippen molar-refractivity contribution in [1.29, 1.82) is 0 Å². The molecule has 2 saturated heterocycles. The second kappa shape index (κ2) is 7.79. The maximum absolute atomic E-state index is 12.1. The van der Waals surface area contributed by atoms with E-state index in [1.54, 1.807) is 0 Å². The van der Waals surface area contributed by atoms with E-state index >= 15 is 0 Å². The first kappa shape index (κ1) is 17.0. The zero-order valence-electron chi connectivity index (χ0n) is 14.5. The molecule has 0 saturated carbocycles. The maximum Gasteiger partial charge on any atom is 0.227 e. The minimum absolute atomic E-state index is 0.0543. The fraction of sp³-hybridized carbons (Fsp3) is 0.579. The second-order valence-electron chi connectivity index (χ2n) is 7.02. The summed E-state index contributed by atoms with van der Waals surface area (Å²) in [6.45, 7) is 6.13. The van der Waals surface area contributed by atoms with Gasteiger partial charge < -0.3 is 15.1 Å². The summed E-state index contributed by atoms with van der Waals surface area (Å²) in [6.07, 6.45) is 4.55. The number of anilines is 2. The van der Waals surface area contributed by atoms with E-state index < -0.39 is 0 Å². The van der Waals surface area contributed by atoms with Gasteiger partial charge in [-0.3, -0.25) is 9.59 Å². The number of hydrogen-bond donors (Lipinski definition) is 1. The van der Waals surface area contributed by atoms with E-state index in [1.807, 2.05) is 29.2 Å². The third-order valence-corrected chi connectivity index (χ3v) is 5.07. The van der Waals surface area contributed by atoms with Crippen molar-refractivity contribution < 1.29 is 9.59 Å². The highest BCUT2D eigenvalue weighted by molar-refractivity contribution is 5.96. The van der Waals surface area contributed by atoms with Crippen molar-refractivity contribution in [1.82, 2.24) is 4.90 Å². The summed E-state index contributed by atoms with van der Waals surface area (Å²) in [4.78, 5) is 28.0. The SMILES string of the molecule is CC1CCN(CCC(=O)Nc2ccc(N3CCCC3=O)cc2)CC1. The highest BCUT2D eigenvalue weighted by atomic mass is 16.2. The maximum atomic E-state index is 12.1.